The second-order valence-electron chi connectivity index (χ2n) is 3.09. The van der Waals surface area contributed by atoms with Crippen LogP contribution in [0.1, 0.15) is 16.6 Å². The van der Waals surface area contributed by atoms with Gasteiger partial charge in [0.25, 0.3) is 0 Å². The number of rotatable bonds is 2. The van der Waals surface area contributed by atoms with Crippen molar-refractivity contribution in [1.29, 1.82) is 0 Å². The lowest BCUT2D eigenvalue weighted by atomic mass is 10.3. The number of hydrogen-bond donors (Lipinski definition) is 1. The minimum atomic E-state index is 0.473. The maximum atomic E-state index is 5.49. The van der Waals surface area contributed by atoms with Crippen LogP contribution in [0.4, 0.5) is 0 Å². The Morgan fingerprint density at radius 1 is 1.36 bits per heavy atom. The van der Waals surface area contributed by atoms with E-state index in [1.165, 1.54) is 11.5 Å². The zero-order valence-corrected chi connectivity index (χ0v) is 9.48. The molecule has 2 N–H and O–H groups in total. The van der Waals surface area contributed by atoms with E-state index in [0.717, 1.165) is 17.1 Å². The third-order valence-electron chi connectivity index (χ3n) is 2.06. The molecule has 5 heteroatoms. The predicted octanol–water partition coefficient (Wildman–Crippen LogP) is 1.46. The monoisotopic (exact) mass is 227 g/mol. The zero-order valence-electron chi connectivity index (χ0n) is 7.85. The first kappa shape index (κ1) is 10.3. The van der Waals surface area contributed by atoms with Gasteiger partial charge in [0.2, 0.25) is 0 Å². The fourth-order valence-electron chi connectivity index (χ4n) is 1.27. The van der Waals surface area contributed by atoms with Gasteiger partial charge in [0.1, 0.15) is 5.82 Å². The van der Waals surface area contributed by atoms with Gasteiger partial charge in [-0.05, 0) is 0 Å². The molecule has 1 fully saturated rings. The van der Waals surface area contributed by atoms with E-state index in [1.54, 1.807) is 0 Å². The lowest BCUT2D eigenvalue weighted by Gasteiger charge is -2.19. The van der Waals surface area contributed by atoms with Crippen molar-refractivity contribution in [2.24, 2.45) is 5.73 Å². The molecule has 0 bridgehead atoms. The molecule has 2 rings (SSSR count). The summed E-state index contributed by atoms with van der Waals surface area (Å²) in [5.41, 5.74) is 6.49. The lowest BCUT2D eigenvalue weighted by Crippen LogP contribution is -2.10. The average molecular weight is 227 g/mol. The second kappa shape index (κ2) is 5.00. The van der Waals surface area contributed by atoms with Crippen LogP contribution in [-0.4, -0.2) is 27.2 Å². The van der Waals surface area contributed by atoms with Crippen molar-refractivity contribution in [3.05, 3.63) is 23.8 Å². The van der Waals surface area contributed by atoms with Gasteiger partial charge in [-0.25, -0.2) is 9.97 Å². The summed E-state index contributed by atoms with van der Waals surface area (Å²) >= 11 is 3.93. The summed E-state index contributed by atoms with van der Waals surface area (Å²) < 4.78 is 0. The molecule has 1 aliphatic heterocycles. The van der Waals surface area contributed by atoms with Crippen LogP contribution < -0.4 is 5.73 Å². The molecule has 0 spiro atoms. The highest BCUT2D eigenvalue weighted by molar-refractivity contribution is 8.06. The molecule has 0 aliphatic carbocycles. The Labute approximate surface area is 92.3 Å². The molecule has 0 amide bonds. The van der Waals surface area contributed by atoms with E-state index in [-0.39, 0.29) is 0 Å². The van der Waals surface area contributed by atoms with Crippen molar-refractivity contribution in [2.45, 2.75) is 11.8 Å². The van der Waals surface area contributed by atoms with Gasteiger partial charge in [-0.15, -0.1) is 11.8 Å². The van der Waals surface area contributed by atoms with Crippen LogP contribution in [0.3, 0.4) is 0 Å². The van der Waals surface area contributed by atoms with Crippen molar-refractivity contribution in [1.82, 2.24) is 9.97 Å². The Morgan fingerprint density at radius 2 is 2.14 bits per heavy atom. The van der Waals surface area contributed by atoms with Crippen molar-refractivity contribution in [2.75, 3.05) is 17.3 Å². The molecule has 0 saturated carbocycles. The molecule has 3 nitrogen and oxygen atoms in total. The maximum Gasteiger partial charge on any atom is 0.141 e. The van der Waals surface area contributed by atoms with Crippen molar-refractivity contribution < 1.29 is 0 Å². The summed E-state index contributed by atoms with van der Waals surface area (Å²) in [4.78, 5) is 8.70. The summed E-state index contributed by atoms with van der Waals surface area (Å²) in [7, 11) is 0. The van der Waals surface area contributed by atoms with Crippen molar-refractivity contribution in [3.8, 4) is 0 Å². The smallest absolute Gasteiger partial charge is 0.141 e. The fourth-order valence-corrected chi connectivity index (χ4v) is 3.89. The van der Waals surface area contributed by atoms with Gasteiger partial charge in [0.15, 0.2) is 0 Å². The standard InChI is InChI=1S/C9H13N3S2/c10-3-7-4-11-9(12-5-7)8-6-13-1-2-14-8/h4-5,8H,1-3,6,10H2. The number of nitrogens with zero attached hydrogens (tertiary/aromatic N) is 2. The summed E-state index contributed by atoms with van der Waals surface area (Å²) in [5, 5.41) is 0.473. The van der Waals surface area contributed by atoms with Crippen LogP contribution in [0.2, 0.25) is 0 Å². The first-order valence-corrected chi connectivity index (χ1v) is 6.80. The Balaban J connectivity index is 2.07. The van der Waals surface area contributed by atoms with Gasteiger partial charge in [-0.3, -0.25) is 0 Å². The Morgan fingerprint density at radius 3 is 2.71 bits per heavy atom. The van der Waals surface area contributed by atoms with Crippen molar-refractivity contribution >= 4 is 23.5 Å². The van der Waals surface area contributed by atoms with Crippen molar-refractivity contribution in [3.63, 3.8) is 0 Å². The first-order chi connectivity index (χ1) is 6.90. The summed E-state index contributed by atoms with van der Waals surface area (Å²) in [6.07, 6.45) is 3.67. The maximum absolute atomic E-state index is 5.49. The molecule has 0 radical (unpaired) electrons. The normalized spacial score (nSPS) is 22.2. The van der Waals surface area contributed by atoms with Gasteiger partial charge in [0, 0.05) is 41.8 Å². The highest BCUT2D eigenvalue weighted by Crippen LogP contribution is 2.34. The molecule has 14 heavy (non-hydrogen) atoms. The minimum Gasteiger partial charge on any atom is -0.326 e. The van der Waals surface area contributed by atoms with E-state index >= 15 is 0 Å². The van der Waals surface area contributed by atoms with Gasteiger partial charge in [-0.1, -0.05) is 0 Å². The third kappa shape index (κ3) is 2.40. The van der Waals surface area contributed by atoms with Gasteiger partial charge in [-0.2, -0.15) is 11.8 Å². The molecule has 1 atom stereocenters. The Kier molecular flexibility index (Phi) is 3.67. The van der Waals surface area contributed by atoms with Crippen LogP contribution in [0, 0.1) is 0 Å². The lowest BCUT2D eigenvalue weighted by molar-refractivity contribution is 0.895. The number of thioether (sulfide) groups is 2. The van der Waals surface area contributed by atoms with Crippen LogP contribution >= 0.6 is 23.5 Å². The molecular formula is C9H13N3S2. The number of nitrogens with two attached hydrogens (primary N) is 1. The zero-order chi connectivity index (χ0) is 9.80. The van der Waals surface area contributed by atoms with Crippen LogP contribution in [0.5, 0.6) is 0 Å². The van der Waals surface area contributed by atoms with Gasteiger partial charge >= 0.3 is 0 Å². The molecule has 1 unspecified atom stereocenters. The van der Waals surface area contributed by atoms with Gasteiger partial charge in [0.05, 0.1) is 5.25 Å². The van der Waals surface area contributed by atoms with E-state index in [4.69, 9.17) is 5.73 Å². The molecule has 1 aromatic heterocycles. The largest absolute Gasteiger partial charge is 0.326 e. The molecular weight excluding hydrogens is 214 g/mol. The molecule has 1 aliphatic rings. The highest BCUT2D eigenvalue weighted by Gasteiger charge is 2.18. The van der Waals surface area contributed by atoms with E-state index < -0.39 is 0 Å². The van der Waals surface area contributed by atoms with E-state index in [0.29, 0.717) is 11.8 Å². The van der Waals surface area contributed by atoms with E-state index in [9.17, 15) is 0 Å². The summed E-state index contributed by atoms with van der Waals surface area (Å²) in [6, 6.07) is 0. The summed E-state index contributed by atoms with van der Waals surface area (Å²) in [6.45, 7) is 0.521. The predicted molar refractivity (Wildman–Crippen MR) is 62.4 cm³/mol. The molecule has 1 aromatic rings. The number of hydrogen-bond acceptors (Lipinski definition) is 5. The fraction of sp³-hybridized carbons (Fsp3) is 0.556. The Bertz CT molecular complexity index is 283. The van der Waals surface area contributed by atoms with Crippen LogP contribution in [0.15, 0.2) is 12.4 Å². The van der Waals surface area contributed by atoms with E-state index in [2.05, 4.69) is 9.97 Å². The molecule has 0 aromatic carbocycles. The number of aromatic nitrogens is 2. The molecule has 2 heterocycles. The first-order valence-electron chi connectivity index (χ1n) is 4.60. The molecule has 76 valence electrons. The second-order valence-corrected chi connectivity index (χ2v) is 5.55. The topological polar surface area (TPSA) is 51.8 Å². The van der Waals surface area contributed by atoms with Crippen LogP contribution in [0.25, 0.3) is 0 Å². The molecule has 1 saturated heterocycles. The highest BCUT2D eigenvalue weighted by atomic mass is 32.2. The Hall–Kier alpha value is -0.260. The van der Waals surface area contributed by atoms with Crippen LogP contribution in [-0.2, 0) is 6.54 Å². The van der Waals surface area contributed by atoms with Gasteiger partial charge < -0.3 is 5.73 Å². The summed E-state index contributed by atoms with van der Waals surface area (Å²) in [5.74, 6) is 4.55. The quantitative estimate of drug-likeness (QED) is 0.829. The third-order valence-corrected chi connectivity index (χ3v) is 4.82. The SMILES string of the molecule is NCc1cnc(C2CSCCS2)nc1. The minimum absolute atomic E-state index is 0.473. The average Bonchev–Trinajstić information content (AvgIpc) is 2.30. The van der Waals surface area contributed by atoms with E-state index in [1.807, 2.05) is 35.9 Å².